The quantitative estimate of drug-likeness (QED) is 0.261. The Kier molecular flexibility index (Phi) is 9.43. The molecule has 0 aromatic heterocycles. The normalized spacial score (nSPS) is 13.9. The van der Waals surface area contributed by atoms with Crippen LogP contribution in [0.3, 0.4) is 0 Å². The Morgan fingerprint density at radius 2 is 1.82 bits per heavy atom. The molecule has 0 fully saturated rings. The number of rotatable bonds is 10. The average Bonchev–Trinajstić information content (AvgIpc) is 2.82. The van der Waals surface area contributed by atoms with Crippen molar-refractivity contribution in [3.05, 3.63) is 81.3 Å². The average molecular weight is 461 g/mol. The topological polar surface area (TPSA) is 15.6 Å². The molecule has 176 valence electrons. The van der Waals surface area contributed by atoms with E-state index in [9.17, 15) is 0 Å². The summed E-state index contributed by atoms with van der Waals surface area (Å²) < 4.78 is 0. The lowest BCUT2D eigenvalue weighted by molar-refractivity contribution is 0.452. The summed E-state index contributed by atoms with van der Waals surface area (Å²) in [6.07, 6.45) is 9.17. The highest BCUT2D eigenvalue weighted by molar-refractivity contribution is 8.10. The summed E-state index contributed by atoms with van der Waals surface area (Å²) in [6, 6.07) is 11.5. The first-order valence-electron chi connectivity index (χ1n) is 12.4. The molecule has 0 atom stereocenters. The molecule has 0 saturated carbocycles. The van der Waals surface area contributed by atoms with Crippen molar-refractivity contribution in [2.45, 2.75) is 73.1 Å². The zero-order valence-electron chi connectivity index (χ0n) is 21.2. The van der Waals surface area contributed by atoms with Gasteiger partial charge in [-0.1, -0.05) is 55.1 Å². The second-order valence-electron chi connectivity index (χ2n) is 9.31. The highest BCUT2D eigenvalue weighted by atomic mass is 32.2. The Morgan fingerprint density at radius 3 is 2.55 bits per heavy atom. The van der Waals surface area contributed by atoms with Crippen LogP contribution in [0, 0.1) is 13.8 Å². The van der Waals surface area contributed by atoms with Gasteiger partial charge in [0.05, 0.1) is 12.0 Å². The third-order valence-corrected chi connectivity index (χ3v) is 7.51. The van der Waals surface area contributed by atoms with Gasteiger partial charge in [-0.3, -0.25) is 0 Å². The molecule has 2 nitrogen and oxygen atoms in total. The number of nitrogens with zero attached hydrogens (tertiary/aromatic N) is 2. The molecule has 3 heteroatoms. The van der Waals surface area contributed by atoms with Crippen LogP contribution in [0.2, 0.25) is 0 Å². The maximum absolute atomic E-state index is 4.77. The number of aliphatic imine (C=N–C) groups is 1. The van der Waals surface area contributed by atoms with Gasteiger partial charge in [0.15, 0.2) is 0 Å². The van der Waals surface area contributed by atoms with Crippen molar-refractivity contribution in [2.75, 3.05) is 13.1 Å². The number of benzene rings is 2. The molecule has 0 saturated heterocycles. The van der Waals surface area contributed by atoms with E-state index >= 15 is 0 Å². The zero-order valence-corrected chi connectivity index (χ0v) is 22.0. The number of hydrogen-bond donors (Lipinski definition) is 0. The zero-order chi connectivity index (χ0) is 23.8. The summed E-state index contributed by atoms with van der Waals surface area (Å²) in [7, 11) is 0. The van der Waals surface area contributed by atoms with Crippen LogP contribution < -0.4 is 0 Å². The smallest absolute Gasteiger partial charge is 0.0912 e. The first-order valence-corrected chi connectivity index (χ1v) is 13.3. The van der Waals surface area contributed by atoms with Gasteiger partial charge in [0.2, 0.25) is 0 Å². The molecule has 0 N–H and O–H groups in total. The van der Waals surface area contributed by atoms with E-state index in [4.69, 9.17) is 4.99 Å². The Morgan fingerprint density at radius 1 is 1.06 bits per heavy atom. The van der Waals surface area contributed by atoms with Crippen molar-refractivity contribution in [3.8, 4) is 0 Å². The predicted octanol–water partition coefficient (Wildman–Crippen LogP) is 8.42. The van der Waals surface area contributed by atoms with Crippen LogP contribution >= 0.6 is 11.8 Å². The number of aryl methyl sites for hydroxylation is 4. The molecule has 0 heterocycles. The van der Waals surface area contributed by atoms with Gasteiger partial charge < -0.3 is 4.90 Å². The van der Waals surface area contributed by atoms with Crippen LogP contribution in [0.4, 0.5) is 5.69 Å². The summed E-state index contributed by atoms with van der Waals surface area (Å²) in [5.74, 6) is 0. The molecule has 3 rings (SSSR count). The lowest BCUT2D eigenvalue weighted by Gasteiger charge is -2.17. The summed E-state index contributed by atoms with van der Waals surface area (Å²) >= 11 is 1.75. The fourth-order valence-electron chi connectivity index (χ4n) is 4.41. The lowest BCUT2D eigenvalue weighted by atomic mass is 9.90. The van der Waals surface area contributed by atoms with Crippen molar-refractivity contribution in [1.29, 1.82) is 0 Å². The number of allylic oxidation sites excluding steroid dienone is 1. The van der Waals surface area contributed by atoms with Crippen LogP contribution in [0.15, 0.2) is 52.9 Å². The Balaban J connectivity index is 1.64. The van der Waals surface area contributed by atoms with E-state index in [0.29, 0.717) is 0 Å². The second-order valence-corrected chi connectivity index (χ2v) is 10.3. The van der Waals surface area contributed by atoms with Crippen LogP contribution in [-0.4, -0.2) is 24.3 Å². The second kappa shape index (κ2) is 12.3. The maximum atomic E-state index is 4.77. The van der Waals surface area contributed by atoms with E-state index in [-0.39, 0.29) is 0 Å². The van der Waals surface area contributed by atoms with Gasteiger partial charge in [-0.2, -0.15) is 0 Å². The molecule has 0 spiro atoms. The maximum Gasteiger partial charge on any atom is 0.0912 e. The molecule has 0 aliphatic heterocycles. The van der Waals surface area contributed by atoms with Gasteiger partial charge in [0.25, 0.3) is 0 Å². The number of thioether (sulfide) groups is 1. The van der Waals surface area contributed by atoms with E-state index < -0.39 is 0 Å². The molecule has 33 heavy (non-hydrogen) atoms. The van der Waals surface area contributed by atoms with E-state index in [1.807, 2.05) is 6.34 Å². The van der Waals surface area contributed by atoms with Crippen molar-refractivity contribution in [3.63, 3.8) is 0 Å². The number of fused-ring (bicyclic) bond motifs is 1. The Bertz CT molecular complexity index is 1030. The molecule has 2 aromatic carbocycles. The highest BCUT2D eigenvalue weighted by Gasteiger charge is 2.11. The molecule has 1 aliphatic rings. The molecule has 1 aliphatic carbocycles. The summed E-state index contributed by atoms with van der Waals surface area (Å²) in [4.78, 5) is 8.17. The molecule has 0 radical (unpaired) electrons. The monoisotopic (exact) mass is 460 g/mol. The predicted molar refractivity (Wildman–Crippen MR) is 149 cm³/mol. The minimum Gasteiger partial charge on any atom is -0.363 e. The van der Waals surface area contributed by atoms with Crippen LogP contribution in [0.25, 0.3) is 4.91 Å². The molecule has 0 unspecified atom stereocenters. The third-order valence-electron chi connectivity index (χ3n) is 6.47. The van der Waals surface area contributed by atoms with Gasteiger partial charge in [-0.15, -0.1) is 0 Å². The van der Waals surface area contributed by atoms with Crippen LogP contribution in [-0.2, 0) is 19.3 Å². The molecule has 2 aromatic rings. The fraction of sp³-hybridized carbons (Fsp3) is 0.433. The van der Waals surface area contributed by atoms with Crippen molar-refractivity contribution < 1.29 is 0 Å². The van der Waals surface area contributed by atoms with E-state index in [1.54, 1.807) is 11.8 Å². The van der Waals surface area contributed by atoms with Crippen molar-refractivity contribution >= 4 is 28.7 Å². The molecular formula is C30H40N2S. The third kappa shape index (κ3) is 7.11. The van der Waals surface area contributed by atoms with Crippen molar-refractivity contribution in [1.82, 2.24) is 4.90 Å². The van der Waals surface area contributed by atoms with E-state index in [1.165, 1.54) is 64.6 Å². The summed E-state index contributed by atoms with van der Waals surface area (Å²) in [5, 5.41) is 2.27. The van der Waals surface area contributed by atoms with Gasteiger partial charge in [-0.05, 0) is 111 Å². The van der Waals surface area contributed by atoms with Gasteiger partial charge >= 0.3 is 0 Å². The fourth-order valence-corrected chi connectivity index (χ4v) is 5.10. The Labute approximate surface area is 205 Å². The minimum atomic E-state index is 0.956. The van der Waals surface area contributed by atoms with E-state index in [2.05, 4.69) is 81.8 Å². The standard InChI is InChI=1S/C30H40N2S/c1-7-15-32(8-2)21-31-30-18-23(4)29(17-24(30)5)16-22(3)20-33-25(6)27-14-13-26-11-9-10-12-28(26)19-27/h13-14,17-21H,6-12,15-16H2,1-5H3/b22-20+,31-21?. The first kappa shape index (κ1) is 25.4. The summed E-state index contributed by atoms with van der Waals surface area (Å²) in [6.45, 7) is 17.4. The summed E-state index contributed by atoms with van der Waals surface area (Å²) in [5.41, 5.74) is 10.7. The first-order chi connectivity index (χ1) is 15.9. The number of hydrogen-bond acceptors (Lipinski definition) is 2. The largest absolute Gasteiger partial charge is 0.363 e. The molecular weight excluding hydrogens is 420 g/mol. The van der Waals surface area contributed by atoms with Gasteiger partial charge in [0, 0.05) is 18.0 Å². The SMILES string of the molecule is C=C(S/C=C(\C)Cc1cc(C)c(N=CN(CC)CCC)cc1C)c1ccc2c(c1)CCCC2. The van der Waals surface area contributed by atoms with Crippen LogP contribution in [0.1, 0.15) is 73.4 Å². The molecule has 0 bridgehead atoms. The van der Waals surface area contributed by atoms with Crippen molar-refractivity contribution in [2.24, 2.45) is 4.99 Å². The highest BCUT2D eigenvalue weighted by Crippen LogP contribution is 2.32. The van der Waals surface area contributed by atoms with Gasteiger partial charge in [0.1, 0.15) is 0 Å². The molecule has 0 amide bonds. The van der Waals surface area contributed by atoms with Crippen LogP contribution in [0.5, 0.6) is 0 Å². The minimum absolute atomic E-state index is 0.956. The van der Waals surface area contributed by atoms with E-state index in [0.717, 1.165) is 36.5 Å². The Hall–Kier alpha value is -2.26. The van der Waals surface area contributed by atoms with Gasteiger partial charge in [-0.25, -0.2) is 4.99 Å². The lowest BCUT2D eigenvalue weighted by Crippen LogP contribution is -2.21.